The largest absolute Gasteiger partial charge is 0.377 e. The summed E-state index contributed by atoms with van der Waals surface area (Å²) < 4.78 is 5.69. The van der Waals surface area contributed by atoms with Crippen LogP contribution in [0.2, 0.25) is 0 Å². The fraction of sp³-hybridized carbons (Fsp3) is 0.435. The van der Waals surface area contributed by atoms with Crippen LogP contribution in [-0.2, 0) is 22.7 Å². The highest BCUT2D eigenvalue weighted by Gasteiger charge is 2.26. The minimum absolute atomic E-state index is 0.255. The van der Waals surface area contributed by atoms with Crippen molar-refractivity contribution in [1.29, 1.82) is 0 Å². The smallest absolute Gasteiger partial charge is 0.222 e. The number of hydrogen-bond acceptors (Lipinski definition) is 3. The topological polar surface area (TPSA) is 32.8 Å². The first-order chi connectivity index (χ1) is 13.2. The van der Waals surface area contributed by atoms with E-state index < -0.39 is 0 Å². The standard InChI is InChI=1S/C23H30N2O2/c1-20-17-24(18-21-9-4-2-5-10-21)14-15-25(20)23(26)13-8-16-27-19-22-11-6-3-7-12-22/h2-7,9-12,20H,8,13-19H2,1H3. The van der Waals surface area contributed by atoms with E-state index in [1.165, 1.54) is 11.1 Å². The van der Waals surface area contributed by atoms with E-state index in [1.807, 2.05) is 29.2 Å². The van der Waals surface area contributed by atoms with Gasteiger partial charge in [-0.15, -0.1) is 0 Å². The van der Waals surface area contributed by atoms with E-state index in [2.05, 4.69) is 48.2 Å². The summed E-state index contributed by atoms with van der Waals surface area (Å²) in [5.74, 6) is 0.255. The predicted molar refractivity (Wildman–Crippen MR) is 108 cm³/mol. The lowest BCUT2D eigenvalue weighted by atomic mass is 10.1. The highest BCUT2D eigenvalue weighted by Crippen LogP contribution is 2.15. The second kappa shape index (κ2) is 10.2. The molecule has 2 aromatic carbocycles. The molecule has 1 fully saturated rings. The molecule has 1 aliphatic rings. The second-order valence-electron chi connectivity index (χ2n) is 7.30. The van der Waals surface area contributed by atoms with Gasteiger partial charge in [0.2, 0.25) is 5.91 Å². The van der Waals surface area contributed by atoms with E-state index in [0.717, 1.165) is 32.6 Å². The number of rotatable bonds is 8. The van der Waals surface area contributed by atoms with Crippen LogP contribution in [0.5, 0.6) is 0 Å². The Morgan fingerprint density at radius 2 is 1.67 bits per heavy atom. The van der Waals surface area contributed by atoms with Crippen molar-refractivity contribution >= 4 is 5.91 Å². The Bertz CT molecular complexity index is 690. The van der Waals surface area contributed by atoms with Crippen molar-refractivity contribution in [2.24, 2.45) is 0 Å². The zero-order valence-electron chi connectivity index (χ0n) is 16.2. The van der Waals surface area contributed by atoms with Crippen LogP contribution in [0.4, 0.5) is 0 Å². The summed E-state index contributed by atoms with van der Waals surface area (Å²) in [6, 6.07) is 21.0. The number of nitrogens with zero attached hydrogens (tertiary/aromatic N) is 2. The van der Waals surface area contributed by atoms with Gasteiger partial charge in [0.05, 0.1) is 6.61 Å². The van der Waals surface area contributed by atoms with Crippen molar-refractivity contribution < 1.29 is 9.53 Å². The summed E-state index contributed by atoms with van der Waals surface area (Å²) in [5.41, 5.74) is 2.51. The lowest BCUT2D eigenvalue weighted by molar-refractivity contribution is -0.136. The molecule has 1 atom stereocenters. The summed E-state index contributed by atoms with van der Waals surface area (Å²) in [5, 5.41) is 0. The molecule has 144 valence electrons. The van der Waals surface area contributed by atoms with E-state index >= 15 is 0 Å². The number of amides is 1. The summed E-state index contributed by atoms with van der Waals surface area (Å²) >= 11 is 0. The minimum Gasteiger partial charge on any atom is -0.377 e. The number of carbonyl (C=O) groups is 1. The first-order valence-electron chi connectivity index (χ1n) is 9.90. The van der Waals surface area contributed by atoms with E-state index in [-0.39, 0.29) is 11.9 Å². The molecule has 2 aromatic rings. The maximum atomic E-state index is 12.6. The Balaban J connectivity index is 1.34. The third-order valence-corrected chi connectivity index (χ3v) is 5.07. The van der Waals surface area contributed by atoms with Crippen molar-refractivity contribution in [3.63, 3.8) is 0 Å². The Labute approximate surface area is 162 Å². The fourth-order valence-electron chi connectivity index (χ4n) is 3.62. The van der Waals surface area contributed by atoms with Crippen molar-refractivity contribution in [3.8, 4) is 0 Å². The van der Waals surface area contributed by atoms with Gasteiger partial charge in [-0.1, -0.05) is 60.7 Å². The molecule has 4 heteroatoms. The molecular weight excluding hydrogens is 336 g/mol. The van der Waals surface area contributed by atoms with Gasteiger partial charge < -0.3 is 9.64 Å². The predicted octanol–water partition coefficient (Wildman–Crippen LogP) is 3.72. The maximum absolute atomic E-state index is 12.6. The number of benzene rings is 2. The molecule has 1 aliphatic heterocycles. The summed E-state index contributed by atoms with van der Waals surface area (Å²) in [6.07, 6.45) is 1.35. The molecule has 1 unspecified atom stereocenters. The third kappa shape index (κ3) is 6.19. The first kappa shape index (κ1) is 19.6. The molecule has 0 spiro atoms. The lowest BCUT2D eigenvalue weighted by Crippen LogP contribution is -2.53. The highest BCUT2D eigenvalue weighted by molar-refractivity contribution is 5.76. The number of hydrogen-bond donors (Lipinski definition) is 0. The summed E-state index contributed by atoms with van der Waals surface area (Å²) in [6.45, 7) is 7.05. The van der Waals surface area contributed by atoms with Gasteiger partial charge in [-0.2, -0.15) is 0 Å². The lowest BCUT2D eigenvalue weighted by Gasteiger charge is -2.40. The SMILES string of the molecule is CC1CN(Cc2ccccc2)CCN1C(=O)CCCOCc1ccccc1. The molecule has 0 radical (unpaired) electrons. The second-order valence-corrected chi connectivity index (χ2v) is 7.30. The van der Waals surface area contributed by atoms with Crippen LogP contribution in [0, 0.1) is 0 Å². The molecular formula is C23H30N2O2. The summed E-state index contributed by atoms with van der Waals surface area (Å²) in [4.78, 5) is 17.0. The third-order valence-electron chi connectivity index (χ3n) is 5.07. The Hall–Kier alpha value is -2.17. The van der Waals surface area contributed by atoms with Gasteiger partial charge in [0.15, 0.2) is 0 Å². The number of carbonyl (C=O) groups excluding carboxylic acids is 1. The molecule has 0 bridgehead atoms. The van der Waals surface area contributed by atoms with E-state index in [0.29, 0.717) is 19.6 Å². The number of piperazine rings is 1. The quantitative estimate of drug-likeness (QED) is 0.668. The van der Waals surface area contributed by atoms with Crippen LogP contribution in [0.15, 0.2) is 60.7 Å². The van der Waals surface area contributed by atoms with Crippen LogP contribution in [-0.4, -0.2) is 48.0 Å². The Morgan fingerprint density at radius 3 is 2.33 bits per heavy atom. The highest BCUT2D eigenvalue weighted by atomic mass is 16.5. The monoisotopic (exact) mass is 366 g/mol. The molecule has 0 saturated carbocycles. The van der Waals surface area contributed by atoms with E-state index in [1.54, 1.807) is 0 Å². The average Bonchev–Trinajstić information content (AvgIpc) is 2.69. The van der Waals surface area contributed by atoms with Gasteiger partial charge >= 0.3 is 0 Å². The van der Waals surface area contributed by atoms with Crippen LogP contribution in [0.1, 0.15) is 30.9 Å². The molecule has 0 aromatic heterocycles. The van der Waals surface area contributed by atoms with Gasteiger partial charge in [-0.05, 0) is 24.5 Å². The normalized spacial score (nSPS) is 17.8. The Kier molecular flexibility index (Phi) is 7.43. The van der Waals surface area contributed by atoms with Gasteiger partial charge in [0.25, 0.3) is 0 Å². The Morgan fingerprint density at radius 1 is 1.00 bits per heavy atom. The molecule has 3 rings (SSSR count). The molecule has 0 N–H and O–H groups in total. The van der Waals surface area contributed by atoms with Crippen molar-refractivity contribution in [3.05, 3.63) is 71.8 Å². The zero-order valence-corrected chi connectivity index (χ0v) is 16.2. The molecule has 1 amide bonds. The fourth-order valence-corrected chi connectivity index (χ4v) is 3.62. The number of ether oxygens (including phenoxy) is 1. The molecule has 0 aliphatic carbocycles. The van der Waals surface area contributed by atoms with Crippen molar-refractivity contribution in [2.75, 3.05) is 26.2 Å². The maximum Gasteiger partial charge on any atom is 0.222 e. The van der Waals surface area contributed by atoms with Crippen LogP contribution in [0.25, 0.3) is 0 Å². The van der Waals surface area contributed by atoms with Gasteiger partial charge in [-0.3, -0.25) is 9.69 Å². The van der Waals surface area contributed by atoms with Crippen molar-refractivity contribution in [1.82, 2.24) is 9.80 Å². The summed E-state index contributed by atoms with van der Waals surface area (Å²) in [7, 11) is 0. The van der Waals surface area contributed by atoms with E-state index in [4.69, 9.17) is 4.74 Å². The van der Waals surface area contributed by atoms with Crippen LogP contribution >= 0.6 is 0 Å². The molecule has 1 saturated heterocycles. The van der Waals surface area contributed by atoms with Crippen LogP contribution in [0.3, 0.4) is 0 Å². The first-order valence-corrected chi connectivity index (χ1v) is 9.90. The van der Waals surface area contributed by atoms with Gasteiger partial charge in [-0.25, -0.2) is 0 Å². The zero-order chi connectivity index (χ0) is 18.9. The van der Waals surface area contributed by atoms with Crippen LogP contribution < -0.4 is 0 Å². The molecule has 27 heavy (non-hydrogen) atoms. The van der Waals surface area contributed by atoms with Crippen molar-refractivity contribution in [2.45, 2.75) is 39.0 Å². The van der Waals surface area contributed by atoms with Gasteiger partial charge in [0, 0.05) is 45.2 Å². The average molecular weight is 367 g/mol. The molecule has 1 heterocycles. The van der Waals surface area contributed by atoms with Gasteiger partial charge in [0.1, 0.15) is 0 Å². The minimum atomic E-state index is 0.255. The molecule has 4 nitrogen and oxygen atoms in total. The van der Waals surface area contributed by atoms with E-state index in [9.17, 15) is 4.79 Å².